The van der Waals surface area contributed by atoms with Crippen LogP contribution in [0.25, 0.3) is 11.3 Å². The molecule has 1 unspecified atom stereocenters. The first kappa shape index (κ1) is 20.2. The van der Waals surface area contributed by atoms with Gasteiger partial charge in [0.1, 0.15) is 5.78 Å². The normalized spacial score (nSPS) is 22.2. The molecule has 1 fully saturated rings. The molecule has 2 aromatic carbocycles. The van der Waals surface area contributed by atoms with E-state index < -0.39 is 0 Å². The van der Waals surface area contributed by atoms with E-state index in [-0.39, 0.29) is 18.1 Å². The number of nitrogens with zero attached hydrogens (tertiary/aromatic N) is 2. The van der Waals surface area contributed by atoms with E-state index in [1.165, 1.54) is 22.3 Å². The van der Waals surface area contributed by atoms with Crippen molar-refractivity contribution in [1.82, 2.24) is 9.55 Å². The first-order valence-electron chi connectivity index (χ1n) is 11.6. The second-order valence-electron chi connectivity index (χ2n) is 8.87. The zero-order valence-electron chi connectivity index (χ0n) is 18.2. The van der Waals surface area contributed by atoms with Crippen molar-refractivity contribution in [3.8, 4) is 11.3 Å². The molecule has 0 bridgehead atoms. The summed E-state index contributed by atoms with van der Waals surface area (Å²) in [6, 6.07) is 16.9. The van der Waals surface area contributed by atoms with Crippen molar-refractivity contribution in [2.75, 3.05) is 0 Å². The molecule has 5 rings (SSSR count). The van der Waals surface area contributed by atoms with Gasteiger partial charge in [-0.1, -0.05) is 55.5 Å². The summed E-state index contributed by atoms with van der Waals surface area (Å²) in [4.78, 5) is 17.7. The van der Waals surface area contributed by atoms with Gasteiger partial charge < -0.3 is 9.30 Å². The van der Waals surface area contributed by atoms with Gasteiger partial charge in [0.05, 0.1) is 37.0 Å². The summed E-state index contributed by atoms with van der Waals surface area (Å²) in [6.07, 6.45) is 9.45. The summed E-state index contributed by atoms with van der Waals surface area (Å²) < 4.78 is 8.32. The number of Topliss-reactive ketones (excluding diaryl/α,β-unsaturated/α-hetero) is 1. The van der Waals surface area contributed by atoms with Gasteiger partial charge in [-0.25, -0.2) is 4.98 Å². The van der Waals surface area contributed by atoms with E-state index in [2.05, 4.69) is 46.8 Å². The molecule has 0 radical (unpaired) electrons. The van der Waals surface area contributed by atoms with Crippen molar-refractivity contribution < 1.29 is 9.53 Å². The van der Waals surface area contributed by atoms with Gasteiger partial charge >= 0.3 is 0 Å². The quantitative estimate of drug-likeness (QED) is 0.494. The third kappa shape index (κ3) is 3.97. The highest BCUT2D eigenvalue weighted by molar-refractivity contribution is 5.83. The fourth-order valence-electron chi connectivity index (χ4n) is 5.34. The highest BCUT2D eigenvalue weighted by Gasteiger charge is 2.34. The monoisotopic (exact) mass is 414 g/mol. The predicted molar refractivity (Wildman–Crippen MR) is 122 cm³/mol. The smallest absolute Gasteiger partial charge is 0.138 e. The van der Waals surface area contributed by atoms with E-state index in [4.69, 9.17) is 4.74 Å². The molecule has 4 heteroatoms. The largest absolute Gasteiger partial charge is 0.374 e. The van der Waals surface area contributed by atoms with Crippen LogP contribution in [0.2, 0.25) is 0 Å². The highest BCUT2D eigenvalue weighted by Crippen LogP contribution is 2.44. The Balaban J connectivity index is 1.22. The zero-order chi connectivity index (χ0) is 21.2. The van der Waals surface area contributed by atoms with Crippen molar-refractivity contribution in [2.45, 2.75) is 64.2 Å². The Labute approximate surface area is 184 Å². The lowest BCUT2D eigenvalue weighted by molar-refractivity contribution is -0.125. The SMILES string of the molecule is CCc1cccc2c1C(CC(=O)C1CCC(OCc3ccccc3)CC1)n1cncc1-2. The third-order valence-electron chi connectivity index (χ3n) is 7.04. The molecule has 0 saturated heterocycles. The van der Waals surface area contributed by atoms with Gasteiger partial charge in [0.15, 0.2) is 0 Å². The minimum absolute atomic E-state index is 0.0863. The van der Waals surface area contributed by atoms with Crippen molar-refractivity contribution >= 4 is 5.78 Å². The number of carbonyl (C=O) groups is 1. The highest BCUT2D eigenvalue weighted by atomic mass is 16.5. The number of ether oxygens (including phenoxy) is 1. The standard InChI is InChI=1S/C27H30N2O2/c1-2-20-9-6-10-23-25-16-28-18-29(25)24(27(20)23)15-26(30)21-11-13-22(14-12-21)31-17-19-7-4-3-5-8-19/h3-10,16,18,21-22,24H,2,11-15,17H2,1H3. The third-order valence-corrected chi connectivity index (χ3v) is 7.04. The van der Waals surface area contributed by atoms with Crippen molar-refractivity contribution in [3.63, 3.8) is 0 Å². The van der Waals surface area contributed by atoms with Crippen LogP contribution in [0.4, 0.5) is 0 Å². The van der Waals surface area contributed by atoms with Crippen LogP contribution < -0.4 is 0 Å². The van der Waals surface area contributed by atoms with E-state index in [0.717, 1.165) is 37.8 Å². The maximum atomic E-state index is 13.3. The second-order valence-corrected chi connectivity index (χ2v) is 8.87. The molecule has 2 aliphatic rings. The number of hydrogen-bond donors (Lipinski definition) is 0. The Morgan fingerprint density at radius 2 is 1.87 bits per heavy atom. The maximum Gasteiger partial charge on any atom is 0.138 e. The number of ketones is 1. The van der Waals surface area contributed by atoms with Crippen molar-refractivity contribution in [2.24, 2.45) is 5.92 Å². The molecule has 1 aliphatic heterocycles. The minimum Gasteiger partial charge on any atom is -0.374 e. The van der Waals surface area contributed by atoms with Crippen molar-refractivity contribution in [1.29, 1.82) is 0 Å². The molecule has 0 amide bonds. The lowest BCUT2D eigenvalue weighted by Crippen LogP contribution is -2.27. The van der Waals surface area contributed by atoms with E-state index in [1.54, 1.807) is 0 Å². The zero-order valence-corrected chi connectivity index (χ0v) is 18.2. The Kier molecular flexibility index (Phi) is 5.73. The first-order valence-corrected chi connectivity index (χ1v) is 11.6. The van der Waals surface area contributed by atoms with E-state index in [9.17, 15) is 4.79 Å². The van der Waals surface area contributed by atoms with Gasteiger partial charge in [-0.15, -0.1) is 0 Å². The number of carbonyl (C=O) groups excluding carboxylic acids is 1. The van der Waals surface area contributed by atoms with Crippen molar-refractivity contribution in [3.05, 3.63) is 77.7 Å². The fourth-order valence-corrected chi connectivity index (χ4v) is 5.34. The van der Waals surface area contributed by atoms with Crippen LogP contribution in [-0.2, 0) is 22.6 Å². The fraction of sp³-hybridized carbons (Fsp3) is 0.407. The van der Waals surface area contributed by atoms with Crippen LogP contribution in [0, 0.1) is 5.92 Å². The lowest BCUT2D eigenvalue weighted by Gasteiger charge is -2.29. The van der Waals surface area contributed by atoms with Gasteiger partial charge in [-0.2, -0.15) is 0 Å². The van der Waals surface area contributed by atoms with E-state index >= 15 is 0 Å². The van der Waals surface area contributed by atoms with Crippen LogP contribution in [0.15, 0.2) is 61.1 Å². The predicted octanol–water partition coefficient (Wildman–Crippen LogP) is 5.75. The van der Waals surface area contributed by atoms with Gasteiger partial charge in [-0.05, 0) is 48.8 Å². The molecule has 0 spiro atoms. The first-order chi connectivity index (χ1) is 15.2. The van der Waals surface area contributed by atoms with Gasteiger partial charge in [0.25, 0.3) is 0 Å². The Morgan fingerprint density at radius 1 is 1.06 bits per heavy atom. The number of imidazole rings is 1. The molecular weight excluding hydrogens is 384 g/mol. The molecule has 160 valence electrons. The molecule has 3 aromatic rings. The van der Waals surface area contributed by atoms with Crippen LogP contribution in [0.3, 0.4) is 0 Å². The minimum atomic E-state index is 0.0863. The Morgan fingerprint density at radius 3 is 2.65 bits per heavy atom. The molecule has 2 heterocycles. The van der Waals surface area contributed by atoms with Crippen LogP contribution >= 0.6 is 0 Å². The Hall–Kier alpha value is -2.72. The molecule has 4 nitrogen and oxygen atoms in total. The van der Waals surface area contributed by atoms with Gasteiger partial charge in [-0.3, -0.25) is 4.79 Å². The number of fused-ring (bicyclic) bond motifs is 3. The molecular formula is C27H30N2O2. The summed E-state index contributed by atoms with van der Waals surface area (Å²) in [7, 11) is 0. The van der Waals surface area contributed by atoms with Crippen LogP contribution in [0.1, 0.15) is 61.8 Å². The summed E-state index contributed by atoms with van der Waals surface area (Å²) in [5, 5.41) is 0. The molecule has 1 atom stereocenters. The number of benzene rings is 2. The molecule has 1 aliphatic carbocycles. The molecule has 0 N–H and O–H groups in total. The second kappa shape index (κ2) is 8.80. The summed E-state index contributed by atoms with van der Waals surface area (Å²) in [5.74, 6) is 0.548. The summed E-state index contributed by atoms with van der Waals surface area (Å²) >= 11 is 0. The molecule has 1 saturated carbocycles. The Bertz CT molecular complexity index is 1050. The average molecular weight is 415 g/mol. The number of aryl methyl sites for hydroxylation is 1. The molecule has 31 heavy (non-hydrogen) atoms. The molecule has 1 aromatic heterocycles. The van der Waals surface area contributed by atoms with E-state index in [0.29, 0.717) is 18.8 Å². The van der Waals surface area contributed by atoms with E-state index in [1.807, 2.05) is 30.7 Å². The van der Waals surface area contributed by atoms with Gasteiger partial charge in [0.2, 0.25) is 0 Å². The topological polar surface area (TPSA) is 44.1 Å². The average Bonchev–Trinajstić information content (AvgIpc) is 3.41. The maximum absolute atomic E-state index is 13.3. The number of aromatic nitrogens is 2. The summed E-state index contributed by atoms with van der Waals surface area (Å²) in [5.41, 5.74) is 6.27. The number of rotatable bonds is 7. The lowest BCUT2D eigenvalue weighted by atomic mass is 9.81. The van der Waals surface area contributed by atoms with Gasteiger partial charge in [0, 0.05) is 17.9 Å². The summed E-state index contributed by atoms with van der Waals surface area (Å²) in [6.45, 7) is 2.85. The van der Waals surface area contributed by atoms with Crippen LogP contribution in [-0.4, -0.2) is 21.4 Å². The van der Waals surface area contributed by atoms with Crippen LogP contribution in [0.5, 0.6) is 0 Å². The number of hydrogen-bond acceptors (Lipinski definition) is 3.